The van der Waals surface area contributed by atoms with Gasteiger partial charge in [-0.2, -0.15) is 5.26 Å². The van der Waals surface area contributed by atoms with Crippen molar-refractivity contribution in [3.8, 4) is 11.8 Å². The summed E-state index contributed by atoms with van der Waals surface area (Å²) < 4.78 is 5.72. The minimum atomic E-state index is 0.483. The molecular formula is C16H14ClNO. The predicted octanol–water partition coefficient (Wildman–Crippen LogP) is 4.35. The summed E-state index contributed by atoms with van der Waals surface area (Å²) in [6.45, 7) is 2.54. The van der Waals surface area contributed by atoms with Crippen molar-refractivity contribution >= 4 is 11.6 Å². The molecule has 2 aromatic carbocycles. The molecule has 0 aliphatic heterocycles. The van der Waals surface area contributed by atoms with Crippen LogP contribution in [0.5, 0.6) is 5.75 Å². The zero-order chi connectivity index (χ0) is 13.7. The van der Waals surface area contributed by atoms with Crippen LogP contribution in [0, 0.1) is 11.3 Å². The van der Waals surface area contributed by atoms with Crippen molar-refractivity contribution in [3.63, 3.8) is 0 Å². The van der Waals surface area contributed by atoms with Crippen LogP contribution in [0.15, 0.2) is 42.5 Å². The third-order valence-electron chi connectivity index (χ3n) is 2.89. The van der Waals surface area contributed by atoms with E-state index in [1.165, 1.54) is 0 Å². The van der Waals surface area contributed by atoms with Gasteiger partial charge in [0.25, 0.3) is 0 Å². The predicted molar refractivity (Wildman–Crippen MR) is 76.3 cm³/mol. The SMILES string of the molecule is CCc1cc(OCc2ccc(C#N)cc2)ccc1Cl. The Bertz CT molecular complexity index is 599. The van der Waals surface area contributed by atoms with Crippen LogP contribution < -0.4 is 4.74 Å². The van der Waals surface area contributed by atoms with E-state index >= 15 is 0 Å². The van der Waals surface area contributed by atoms with Crippen LogP contribution in [0.1, 0.15) is 23.6 Å². The largest absolute Gasteiger partial charge is 0.489 e. The smallest absolute Gasteiger partial charge is 0.120 e. The number of hydrogen-bond donors (Lipinski definition) is 0. The van der Waals surface area contributed by atoms with Crippen LogP contribution in [-0.2, 0) is 13.0 Å². The Balaban J connectivity index is 2.03. The molecule has 0 heterocycles. The van der Waals surface area contributed by atoms with Crippen molar-refractivity contribution in [2.75, 3.05) is 0 Å². The second-order valence-electron chi connectivity index (χ2n) is 4.20. The van der Waals surface area contributed by atoms with Crippen LogP contribution in [0.4, 0.5) is 0 Å². The highest BCUT2D eigenvalue weighted by atomic mass is 35.5. The van der Waals surface area contributed by atoms with E-state index in [4.69, 9.17) is 21.6 Å². The molecule has 0 fully saturated rings. The lowest BCUT2D eigenvalue weighted by atomic mass is 10.1. The van der Waals surface area contributed by atoms with Crippen LogP contribution in [0.25, 0.3) is 0 Å². The monoisotopic (exact) mass is 271 g/mol. The maximum absolute atomic E-state index is 8.73. The standard InChI is InChI=1S/C16H14ClNO/c1-2-14-9-15(7-8-16(14)17)19-11-13-5-3-12(10-18)4-6-13/h3-9H,2,11H2,1H3. The molecule has 0 aromatic heterocycles. The fourth-order valence-corrected chi connectivity index (χ4v) is 2.01. The topological polar surface area (TPSA) is 33.0 Å². The average Bonchev–Trinajstić information content (AvgIpc) is 2.47. The lowest BCUT2D eigenvalue weighted by Crippen LogP contribution is -1.96. The fraction of sp³-hybridized carbons (Fsp3) is 0.188. The molecule has 2 nitrogen and oxygen atoms in total. The van der Waals surface area contributed by atoms with E-state index in [0.717, 1.165) is 28.3 Å². The summed E-state index contributed by atoms with van der Waals surface area (Å²) in [5, 5.41) is 9.50. The molecule has 2 aromatic rings. The fourth-order valence-electron chi connectivity index (χ4n) is 1.75. The molecule has 0 atom stereocenters. The number of nitrogens with zero attached hydrogens (tertiary/aromatic N) is 1. The number of ether oxygens (including phenoxy) is 1. The van der Waals surface area contributed by atoms with Gasteiger partial charge in [0.1, 0.15) is 12.4 Å². The average molecular weight is 272 g/mol. The first-order valence-electron chi connectivity index (χ1n) is 6.13. The second kappa shape index (κ2) is 6.26. The van der Waals surface area contributed by atoms with Crippen LogP contribution in [0.2, 0.25) is 5.02 Å². The van der Waals surface area contributed by atoms with Gasteiger partial charge in [-0.1, -0.05) is 30.7 Å². The molecule has 2 rings (SSSR count). The van der Waals surface area contributed by atoms with Gasteiger partial charge in [-0.25, -0.2) is 0 Å². The summed E-state index contributed by atoms with van der Waals surface area (Å²) in [6.07, 6.45) is 0.882. The Morgan fingerprint density at radius 2 is 1.89 bits per heavy atom. The molecule has 3 heteroatoms. The first kappa shape index (κ1) is 13.5. The van der Waals surface area contributed by atoms with Gasteiger partial charge in [-0.15, -0.1) is 0 Å². The quantitative estimate of drug-likeness (QED) is 0.828. The minimum Gasteiger partial charge on any atom is -0.489 e. The molecule has 0 radical (unpaired) electrons. The number of benzene rings is 2. The van der Waals surface area contributed by atoms with E-state index in [1.54, 1.807) is 12.1 Å². The maximum Gasteiger partial charge on any atom is 0.120 e. The Morgan fingerprint density at radius 1 is 1.16 bits per heavy atom. The van der Waals surface area contributed by atoms with E-state index in [-0.39, 0.29) is 0 Å². The van der Waals surface area contributed by atoms with E-state index in [0.29, 0.717) is 12.2 Å². The van der Waals surface area contributed by atoms with Crippen molar-refractivity contribution in [3.05, 3.63) is 64.2 Å². The first-order chi connectivity index (χ1) is 9.22. The molecular weight excluding hydrogens is 258 g/mol. The van der Waals surface area contributed by atoms with Crippen LogP contribution >= 0.6 is 11.6 Å². The Labute approximate surface area is 118 Å². The van der Waals surface area contributed by atoms with E-state index in [9.17, 15) is 0 Å². The van der Waals surface area contributed by atoms with Gasteiger partial charge in [-0.3, -0.25) is 0 Å². The summed E-state index contributed by atoms with van der Waals surface area (Å²) in [5.74, 6) is 0.811. The van der Waals surface area contributed by atoms with E-state index in [2.05, 4.69) is 13.0 Å². The van der Waals surface area contributed by atoms with Gasteiger partial charge in [0.2, 0.25) is 0 Å². The molecule has 96 valence electrons. The summed E-state index contributed by atoms with van der Waals surface area (Å²) in [4.78, 5) is 0. The second-order valence-corrected chi connectivity index (χ2v) is 4.61. The molecule has 0 saturated heterocycles. The highest BCUT2D eigenvalue weighted by Crippen LogP contribution is 2.23. The highest BCUT2D eigenvalue weighted by Gasteiger charge is 2.02. The number of rotatable bonds is 4. The van der Waals surface area contributed by atoms with Gasteiger partial charge < -0.3 is 4.74 Å². The van der Waals surface area contributed by atoms with Gasteiger partial charge in [0, 0.05) is 5.02 Å². The molecule has 0 N–H and O–H groups in total. The van der Waals surface area contributed by atoms with Crippen molar-refractivity contribution in [1.82, 2.24) is 0 Å². The number of halogens is 1. The zero-order valence-electron chi connectivity index (χ0n) is 10.7. The van der Waals surface area contributed by atoms with Crippen molar-refractivity contribution < 1.29 is 4.74 Å². The lowest BCUT2D eigenvalue weighted by molar-refractivity contribution is 0.306. The molecule has 0 amide bonds. The first-order valence-corrected chi connectivity index (χ1v) is 6.51. The normalized spacial score (nSPS) is 9.95. The molecule has 0 spiro atoms. The van der Waals surface area contributed by atoms with Crippen molar-refractivity contribution in [2.24, 2.45) is 0 Å². The minimum absolute atomic E-state index is 0.483. The molecule has 0 bridgehead atoms. The zero-order valence-corrected chi connectivity index (χ0v) is 11.4. The Morgan fingerprint density at radius 3 is 2.53 bits per heavy atom. The Kier molecular flexibility index (Phi) is 4.43. The van der Waals surface area contributed by atoms with E-state index in [1.807, 2.05) is 30.3 Å². The van der Waals surface area contributed by atoms with Crippen molar-refractivity contribution in [2.45, 2.75) is 20.0 Å². The van der Waals surface area contributed by atoms with Gasteiger partial charge >= 0.3 is 0 Å². The van der Waals surface area contributed by atoms with Gasteiger partial charge in [0.05, 0.1) is 11.6 Å². The summed E-state index contributed by atoms with van der Waals surface area (Å²) in [6, 6.07) is 15.2. The van der Waals surface area contributed by atoms with Crippen molar-refractivity contribution in [1.29, 1.82) is 5.26 Å². The van der Waals surface area contributed by atoms with Gasteiger partial charge in [-0.05, 0) is 47.9 Å². The molecule has 0 aliphatic carbocycles. The van der Waals surface area contributed by atoms with Crippen LogP contribution in [0.3, 0.4) is 0 Å². The summed E-state index contributed by atoms with van der Waals surface area (Å²) in [7, 11) is 0. The molecule has 0 unspecified atom stereocenters. The number of nitriles is 1. The third-order valence-corrected chi connectivity index (χ3v) is 3.26. The highest BCUT2D eigenvalue weighted by molar-refractivity contribution is 6.31. The molecule has 0 aliphatic rings. The van der Waals surface area contributed by atoms with Crippen LogP contribution in [-0.4, -0.2) is 0 Å². The third kappa shape index (κ3) is 3.49. The maximum atomic E-state index is 8.73. The summed E-state index contributed by atoms with van der Waals surface area (Å²) >= 11 is 6.06. The molecule has 0 saturated carbocycles. The molecule has 19 heavy (non-hydrogen) atoms. The summed E-state index contributed by atoms with van der Waals surface area (Å²) in [5.41, 5.74) is 2.77. The Hall–Kier alpha value is -1.98. The number of aryl methyl sites for hydroxylation is 1. The van der Waals surface area contributed by atoms with E-state index < -0.39 is 0 Å². The number of hydrogen-bond acceptors (Lipinski definition) is 2. The lowest BCUT2D eigenvalue weighted by Gasteiger charge is -2.08. The van der Waals surface area contributed by atoms with Gasteiger partial charge in [0.15, 0.2) is 0 Å².